The fourth-order valence-corrected chi connectivity index (χ4v) is 3.86. The van der Waals surface area contributed by atoms with Gasteiger partial charge in [-0.25, -0.2) is 0 Å². The minimum Gasteiger partial charge on any atom is -0.496 e. The highest BCUT2D eigenvalue weighted by molar-refractivity contribution is 5.51. The molecule has 0 atom stereocenters. The molecule has 1 aromatic carbocycles. The quantitative estimate of drug-likeness (QED) is 0.835. The number of nitrogens with zero attached hydrogens (tertiary/aromatic N) is 2. The zero-order valence-electron chi connectivity index (χ0n) is 14.3. The van der Waals surface area contributed by atoms with Crippen molar-refractivity contribution in [3.63, 3.8) is 0 Å². The lowest BCUT2D eigenvalue weighted by molar-refractivity contribution is 0.0125. The Morgan fingerprint density at radius 2 is 1.75 bits per heavy atom. The monoisotopic (exact) mass is 334 g/mol. The average Bonchev–Trinajstić information content (AvgIpc) is 3.09. The van der Waals surface area contributed by atoms with Gasteiger partial charge in [0.15, 0.2) is 11.5 Å². The van der Waals surface area contributed by atoms with Crippen LogP contribution >= 0.6 is 0 Å². The lowest BCUT2D eigenvalue weighted by Gasteiger charge is -2.40. The molecule has 6 heteroatoms. The first kappa shape index (κ1) is 16.0. The van der Waals surface area contributed by atoms with Gasteiger partial charge in [0.2, 0.25) is 6.79 Å². The summed E-state index contributed by atoms with van der Waals surface area (Å²) in [5, 5.41) is 0. The molecule has 3 heterocycles. The molecule has 0 bridgehead atoms. The van der Waals surface area contributed by atoms with Gasteiger partial charge in [-0.1, -0.05) is 0 Å². The molecule has 0 radical (unpaired) electrons. The fourth-order valence-electron chi connectivity index (χ4n) is 3.86. The maximum Gasteiger partial charge on any atom is 0.231 e. The molecule has 0 amide bonds. The lowest BCUT2D eigenvalue weighted by Crippen LogP contribution is -2.51. The Kier molecular flexibility index (Phi) is 4.78. The first-order valence-electron chi connectivity index (χ1n) is 8.84. The van der Waals surface area contributed by atoms with Crippen molar-refractivity contribution >= 4 is 0 Å². The van der Waals surface area contributed by atoms with Crippen LogP contribution in [-0.2, 0) is 11.3 Å². The molecule has 24 heavy (non-hydrogen) atoms. The standard InChI is InChI=1S/C18H26N2O4/c1-21-16-11-18-17(23-13-24-18)10-14(16)12-19-4-6-20(7-5-19)15-2-8-22-9-3-15/h10-11,15H,2-9,12-13H2,1H3. The van der Waals surface area contributed by atoms with Crippen LogP contribution in [0.5, 0.6) is 17.2 Å². The molecule has 3 aliphatic rings. The van der Waals surface area contributed by atoms with Crippen LogP contribution in [0.2, 0.25) is 0 Å². The van der Waals surface area contributed by atoms with Crippen molar-refractivity contribution in [3.05, 3.63) is 17.7 Å². The van der Waals surface area contributed by atoms with E-state index in [1.807, 2.05) is 6.07 Å². The van der Waals surface area contributed by atoms with Crippen molar-refractivity contribution in [2.75, 3.05) is 53.3 Å². The van der Waals surface area contributed by atoms with E-state index in [9.17, 15) is 0 Å². The molecule has 2 fully saturated rings. The van der Waals surface area contributed by atoms with Crippen molar-refractivity contribution in [2.45, 2.75) is 25.4 Å². The molecule has 0 spiro atoms. The minimum absolute atomic E-state index is 0.297. The highest BCUT2D eigenvalue weighted by Crippen LogP contribution is 2.38. The summed E-state index contributed by atoms with van der Waals surface area (Å²) in [4.78, 5) is 5.13. The van der Waals surface area contributed by atoms with Crippen LogP contribution < -0.4 is 14.2 Å². The van der Waals surface area contributed by atoms with Crippen molar-refractivity contribution < 1.29 is 18.9 Å². The van der Waals surface area contributed by atoms with Crippen LogP contribution in [0.25, 0.3) is 0 Å². The third kappa shape index (κ3) is 3.31. The largest absolute Gasteiger partial charge is 0.496 e. The molecule has 4 rings (SSSR count). The summed E-state index contributed by atoms with van der Waals surface area (Å²) in [6.07, 6.45) is 2.35. The Labute approximate surface area is 143 Å². The molecule has 6 nitrogen and oxygen atoms in total. The summed E-state index contributed by atoms with van der Waals surface area (Å²) in [5.41, 5.74) is 1.17. The van der Waals surface area contributed by atoms with E-state index < -0.39 is 0 Å². The first-order valence-corrected chi connectivity index (χ1v) is 8.84. The number of rotatable bonds is 4. The summed E-state index contributed by atoms with van der Waals surface area (Å²) < 4.78 is 22.0. The van der Waals surface area contributed by atoms with E-state index in [0.717, 1.165) is 63.2 Å². The second-order valence-electron chi connectivity index (χ2n) is 6.67. The van der Waals surface area contributed by atoms with Gasteiger partial charge in [-0.3, -0.25) is 9.80 Å². The third-order valence-electron chi connectivity index (χ3n) is 5.28. The second-order valence-corrected chi connectivity index (χ2v) is 6.67. The highest BCUT2D eigenvalue weighted by atomic mass is 16.7. The van der Waals surface area contributed by atoms with Crippen LogP contribution in [0.4, 0.5) is 0 Å². The van der Waals surface area contributed by atoms with Crippen molar-refractivity contribution in [1.82, 2.24) is 9.80 Å². The lowest BCUT2D eigenvalue weighted by atomic mass is 10.1. The van der Waals surface area contributed by atoms with Gasteiger partial charge in [0.05, 0.1) is 7.11 Å². The number of methoxy groups -OCH3 is 1. The number of ether oxygens (including phenoxy) is 4. The number of benzene rings is 1. The Bertz CT molecular complexity index is 566. The zero-order valence-corrected chi connectivity index (χ0v) is 14.3. The Hall–Kier alpha value is -1.50. The van der Waals surface area contributed by atoms with E-state index in [1.54, 1.807) is 7.11 Å². The van der Waals surface area contributed by atoms with Gasteiger partial charge in [-0.2, -0.15) is 0 Å². The van der Waals surface area contributed by atoms with E-state index in [1.165, 1.54) is 18.4 Å². The zero-order chi connectivity index (χ0) is 16.4. The van der Waals surface area contributed by atoms with E-state index in [2.05, 4.69) is 15.9 Å². The molecule has 0 N–H and O–H groups in total. The smallest absolute Gasteiger partial charge is 0.231 e. The Morgan fingerprint density at radius 1 is 1.04 bits per heavy atom. The van der Waals surface area contributed by atoms with Crippen LogP contribution in [-0.4, -0.2) is 69.1 Å². The molecule has 0 aliphatic carbocycles. The summed E-state index contributed by atoms with van der Waals surface area (Å²) in [6.45, 7) is 7.48. The molecular formula is C18H26N2O4. The van der Waals surface area contributed by atoms with Crippen LogP contribution in [0.1, 0.15) is 18.4 Å². The third-order valence-corrected chi connectivity index (χ3v) is 5.28. The minimum atomic E-state index is 0.297. The van der Waals surface area contributed by atoms with Gasteiger partial charge < -0.3 is 18.9 Å². The number of hydrogen-bond acceptors (Lipinski definition) is 6. The highest BCUT2D eigenvalue weighted by Gasteiger charge is 2.26. The molecule has 0 aromatic heterocycles. The second kappa shape index (κ2) is 7.17. The van der Waals surface area contributed by atoms with E-state index in [-0.39, 0.29) is 0 Å². The van der Waals surface area contributed by atoms with Gasteiger partial charge in [0.1, 0.15) is 5.75 Å². The number of hydrogen-bond donors (Lipinski definition) is 0. The first-order chi connectivity index (χ1) is 11.8. The van der Waals surface area contributed by atoms with Crippen molar-refractivity contribution in [2.24, 2.45) is 0 Å². The van der Waals surface area contributed by atoms with E-state index >= 15 is 0 Å². The molecule has 132 valence electrons. The molecular weight excluding hydrogens is 308 g/mol. The van der Waals surface area contributed by atoms with Gasteiger partial charge in [-0.05, 0) is 18.9 Å². The van der Waals surface area contributed by atoms with E-state index in [0.29, 0.717) is 12.8 Å². The summed E-state index contributed by atoms with van der Waals surface area (Å²) >= 11 is 0. The van der Waals surface area contributed by atoms with Crippen LogP contribution in [0.3, 0.4) is 0 Å². The van der Waals surface area contributed by atoms with Gasteiger partial charge in [-0.15, -0.1) is 0 Å². The topological polar surface area (TPSA) is 43.4 Å². The maximum absolute atomic E-state index is 5.54. The van der Waals surface area contributed by atoms with Gasteiger partial charge >= 0.3 is 0 Å². The van der Waals surface area contributed by atoms with Crippen LogP contribution in [0, 0.1) is 0 Å². The molecule has 2 saturated heterocycles. The normalized spacial score (nSPS) is 22.7. The molecule has 3 aliphatic heterocycles. The van der Waals surface area contributed by atoms with Gasteiger partial charge in [0, 0.05) is 63.6 Å². The predicted molar refractivity (Wildman–Crippen MR) is 89.8 cm³/mol. The molecule has 1 aromatic rings. The Balaban J connectivity index is 1.37. The number of piperazine rings is 1. The van der Waals surface area contributed by atoms with Gasteiger partial charge in [0.25, 0.3) is 0 Å². The summed E-state index contributed by atoms with van der Waals surface area (Å²) in [7, 11) is 1.71. The summed E-state index contributed by atoms with van der Waals surface area (Å²) in [6, 6.07) is 4.71. The average molecular weight is 334 g/mol. The SMILES string of the molecule is COc1cc2c(cc1CN1CCN(C3CCOCC3)CC1)OCO2. The molecule has 0 unspecified atom stereocenters. The van der Waals surface area contributed by atoms with Crippen LogP contribution in [0.15, 0.2) is 12.1 Å². The molecule has 0 saturated carbocycles. The maximum atomic E-state index is 5.54. The number of fused-ring (bicyclic) bond motifs is 1. The summed E-state index contributed by atoms with van der Waals surface area (Å²) in [5.74, 6) is 2.48. The Morgan fingerprint density at radius 3 is 2.46 bits per heavy atom. The predicted octanol–water partition coefficient (Wildman–Crippen LogP) is 1.72. The van der Waals surface area contributed by atoms with Crippen molar-refractivity contribution in [3.8, 4) is 17.2 Å². The fraction of sp³-hybridized carbons (Fsp3) is 0.667. The van der Waals surface area contributed by atoms with Crippen molar-refractivity contribution in [1.29, 1.82) is 0 Å². The van der Waals surface area contributed by atoms with E-state index in [4.69, 9.17) is 18.9 Å².